The van der Waals surface area contributed by atoms with Crippen molar-refractivity contribution in [3.8, 4) is 0 Å². The van der Waals surface area contributed by atoms with Crippen molar-refractivity contribution in [1.82, 2.24) is 9.88 Å². The molecule has 0 bridgehead atoms. The maximum Gasteiger partial charge on any atom is 0.326 e. The summed E-state index contributed by atoms with van der Waals surface area (Å²) in [6, 6.07) is 3.75. The van der Waals surface area contributed by atoms with Crippen LogP contribution in [0.2, 0.25) is 0 Å². The van der Waals surface area contributed by atoms with Crippen molar-refractivity contribution < 1.29 is 14.7 Å². The molecule has 3 rings (SSSR count). The van der Waals surface area contributed by atoms with Crippen molar-refractivity contribution in [3.05, 3.63) is 56.1 Å². The zero-order chi connectivity index (χ0) is 17.8. The second-order valence-electron chi connectivity index (χ2n) is 6.19. The Morgan fingerprint density at radius 1 is 1.24 bits per heavy atom. The first-order valence-corrected chi connectivity index (χ1v) is 9.28. The maximum atomic E-state index is 12.7. The van der Waals surface area contributed by atoms with Crippen molar-refractivity contribution in [2.24, 2.45) is 0 Å². The van der Waals surface area contributed by atoms with Crippen LogP contribution in [-0.4, -0.2) is 27.6 Å². The predicted octanol–water partition coefficient (Wildman–Crippen LogP) is 2.06. The molecule has 1 aliphatic rings. The molecule has 0 saturated heterocycles. The van der Waals surface area contributed by atoms with Crippen LogP contribution in [0.25, 0.3) is 0 Å². The fourth-order valence-corrected chi connectivity index (χ4v) is 3.84. The Morgan fingerprint density at radius 2 is 2.08 bits per heavy atom. The summed E-state index contributed by atoms with van der Waals surface area (Å²) in [7, 11) is 0. The largest absolute Gasteiger partial charge is 0.480 e. The van der Waals surface area contributed by atoms with Crippen molar-refractivity contribution in [2.45, 2.75) is 44.7 Å². The van der Waals surface area contributed by atoms with E-state index < -0.39 is 17.9 Å². The number of pyridine rings is 1. The average molecular weight is 360 g/mol. The molecule has 7 heteroatoms. The molecular formula is C18H20N2O4S. The zero-order valence-corrected chi connectivity index (χ0v) is 14.6. The first kappa shape index (κ1) is 17.4. The second-order valence-corrected chi connectivity index (χ2v) is 6.97. The number of carbonyl (C=O) groups excluding carboxylic acids is 1. The van der Waals surface area contributed by atoms with Crippen molar-refractivity contribution >= 4 is 23.2 Å². The normalized spacial score (nSPS) is 15.0. The number of nitrogens with zero attached hydrogens (tertiary/aromatic N) is 1. The SMILES string of the molecule is O=C(NC(Cc1ccsc1)C(=O)O)c1ccc(=O)n2c1CCCCC2. The van der Waals surface area contributed by atoms with Crippen molar-refractivity contribution in [3.63, 3.8) is 0 Å². The molecule has 0 aliphatic carbocycles. The molecule has 0 fully saturated rings. The fraction of sp³-hybridized carbons (Fsp3) is 0.389. The summed E-state index contributed by atoms with van der Waals surface area (Å²) in [5, 5.41) is 15.8. The van der Waals surface area contributed by atoms with Crippen LogP contribution in [0.15, 0.2) is 33.8 Å². The lowest BCUT2D eigenvalue weighted by atomic mass is 10.1. The van der Waals surface area contributed by atoms with Crippen LogP contribution in [0, 0.1) is 0 Å². The van der Waals surface area contributed by atoms with Gasteiger partial charge in [0.25, 0.3) is 11.5 Å². The third-order valence-corrected chi connectivity index (χ3v) is 5.19. The smallest absolute Gasteiger partial charge is 0.326 e. The lowest BCUT2D eigenvalue weighted by Crippen LogP contribution is -2.43. The van der Waals surface area contributed by atoms with E-state index in [-0.39, 0.29) is 12.0 Å². The van der Waals surface area contributed by atoms with Gasteiger partial charge in [-0.15, -0.1) is 0 Å². The minimum Gasteiger partial charge on any atom is -0.480 e. The highest BCUT2D eigenvalue weighted by Gasteiger charge is 2.24. The molecule has 0 radical (unpaired) electrons. The number of thiophene rings is 1. The average Bonchev–Trinajstić information content (AvgIpc) is 2.96. The molecule has 2 aromatic heterocycles. The molecule has 3 heterocycles. The summed E-state index contributed by atoms with van der Waals surface area (Å²) in [5.74, 6) is -1.51. The highest BCUT2D eigenvalue weighted by molar-refractivity contribution is 7.07. The number of aliphatic carboxylic acids is 1. The lowest BCUT2D eigenvalue weighted by molar-refractivity contribution is -0.139. The molecule has 0 saturated carbocycles. The van der Waals surface area contributed by atoms with Gasteiger partial charge in [0.1, 0.15) is 6.04 Å². The summed E-state index contributed by atoms with van der Waals surface area (Å²) < 4.78 is 1.65. The summed E-state index contributed by atoms with van der Waals surface area (Å²) >= 11 is 1.49. The van der Waals surface area contributed by atoms with Crippen LogP contribution in [0.4, 0.5) is 0 Å². The number of hydrogen-bond acceptors (Lipinski definition) is 4. The van der Waals surface area contributed by atoms with Crippen LogP contribution in [0.3, 0.4) is 0 Å². The number of carboxylic acid groups (broad SMARTS) is 1. The zero-order valence-electron chi connectivity index (χ0n) is 13.7. The molecule has 6 nitrogen and oxygen atoms in total. The minimum atomic E-state index is -1.07. The Balaban J connectivity index is 1.85. The van der Waals surface area contributed by atoms with Gasteiger partial charge in [0.05, 0.1) is 5.56 Å². The Bertz CT molecular complexity index is 826. The standard InChI is InChI=1S/C18H20N2O4S/c21-16-6-5-13(15-4-2-1-3-8-20(15)16)17(22)19-14(18(23)24)10-12-7-9-25-11-12/h5-7,9,11,14H,1-4,8,10H2,(H,19,22)(H,23,24). The molecule has 132 valence electrons. The van der Waals surface area contributed by atoms with E-state index in [1.54, 1.807) is 4.57 Å². The van der Waals surface area contributed by atoms with Crippen LogP contribution in [0.5, 0.6) is 0 Å². The van der Waals surface area contributed by atoms with Gasteiger partial charge in [0.15, 0.2) is 0 Å². The molecule has 1 unspecified atom stereocenters. The third kappa shape index (κ3) is 3.99. The van der Waals surface area contributed by atoms with Gasteiger partial charge in [-0.3, -0.25) is 9.59 Å². The number of hydrogen-bond donors (Lipinski definition) is 2. The van der Waals surface area contributed by atoms with E-state index in [0.717, 1.165) is 24.8 Å². The Kier molecular flexibility index (Phi) is 5.33. The predicted molar refractivity (Wildman–Crippen MR) is 95.2 cm³/mol. The molecule has 2 N–H and O–H groups in total. The van der Waals surface area contributed by atoms with Crippen molar-refractivity contribution in [1.29, 1.82) is 0 Å². The van der Waals surface area contributed by atoms with Gasteiger partial charge in [-0.05, 0) is 47.7 Å². The van der Waals surface area contributed by atoms with Crippen LogP contribution >= 0.6 is 11.3 Å². The third-order valence-electron chi connectivity index (χ3n) is 4.46. The maximum absolute atomic E-state index is 12.7. The van der Waals surface area contributed by atoms with E-state index in [0.29, 0.717) is 24.2 Å². The highest BCUT2D eigenvalue weighted by Crippen LogP contribution is 2.17. The van der Waals surface area contributed by atoms with Crippen LogP contribution < -0.4 is 10.9 Å². The molecule has 1 atom stereocenters. The monoisotopic (exact) mass is 360 g/mol. The number of aromatic nitrogens is 1. The van der Waals surface area contributed by atoms with E-state index in [4.69, 9.17) is 0 Å². The van der Waals surface area contributed by atoms with Gasteiger partial charge >= 0.3 is 5.97 Å². The Labute approximate surface area is 149 Å². The Morgan fingerprint density at radius 3 is 2.80 bits per heavy atom. The van der Waals surface area contributed by atoms with Crippen LogP contribution in [0.1, 0.15) is 40.9 Å². The minimum absolute atomic E-state index is 0.110. The van der Waals surface area contributed by atoms with Gasteiger partial charge in [0, 0.05) is 24.7 Å². The van der Waals surface area contributed by atoms with Gasteiger partial charge in [-0.2, -0.15) is 11.3 Å². The van der Waals surface area contributed by atoms with E-state index in [1.807, 2.05) is 16.8 Å². The fourth-order valence-electron chi connectivity index (χ4n) is 3.16. The highest BCUT2D eigenvalue weighted by atomic mass is 32.1. The quantitative estimate of drug-likeness (QED) is 0.854. The number of nitrogens with one attached hydrogen (secondary N) is 1. The van der Waals surface area contributed by atoms with Gasteiger partial charge in [-0.1, -0.05) is 6.42 Å². The molecule has 0 aromatic carbocycles. The van der Waals surface area contributed by atoms with E-state index in [2.05, 4.69) is 5.32 Å². The summed E-state index contributed by atoms with van der Waals surface area (Å²) in [4.78, 5) is 36.3. The molecule has 25 heavy (non-hydrogen) atoms. The molecule has 0 spiro atoms. The number of amides is 1. The molecule has 2 aromatic rings. The molecule has 1 amide bonds. The first-order valence-electron chi connectivity index (χ1n) is 8.33. The Hall–Kier alpha value is -2.41. The van der Waals surface area contributed by atoms with E-state index in [1.165, 1.54) is 23.5 Å². The second kappa shape index (κ2) is 7.65. The number of fused-ring (bicyclic) bond motifs is 1. The summed E-state index contributed by atoms with van der Waals surface area (Å²) in [5.41, 5.74) is 1.88. The first-order chi connectivity index (χ1) is 12.1. The number of carboxylic acids is 1. The summed E-state index contributed by atoms with van der Waals surface area (Å²) in [6.45, 7) is 0.604. The number of rotatable bonds is 5. The molecule has 1 aliphatic heterocycles. The topological polar surface area (TPSA) is 88.4 Å². The van der Waals surface area contributed by atoms with E-state index in [9.17, 15) is 19.5 Å². The summed E-state index contributed by atoms with van der Waals surface area (Å²) in [6.07, 6.45) is 3.73. The van der Waals surface area contributed by atoms with Gasteiger partial charge in [-0.25, -0.2) is 4.79 Å². The van der Waals surface area contributed by atoms with Gasteiger partial charge < -0.3 is 15.0 Å². The van der Waals surface area contributed by atoms with Crippen molar-refractivity contribution in [2.75, 3.05) is 0 Å². The number of carbonyl (C=O) groups is 2. The van der Waals surface area contributed by atoms with E-state index >= 15 is 0 Å². The lowest BCUT2D eigenvalue weighted by Gasteiger charge is -2.17. The molecular weight excluding hydrogens is 340 g/mol. The van der Waals surface area contributed by atoms with Crippen LogP contribution in [-0.2, 0) is 24.2 Å². The van der Waals surface area contributed by atoms with Gasteiger partial charge in [0.2, 0.25) is 0 Å².